The fourth-order valence-electron chi connectivity index (χ4n) is 1.51. The molecule has 2 rings (SSSR count). The summed E-state index contributed by atoms with van der Waals surface area (Å²) < 4.78 is 7.01. The predicted molar refractivity (Wildman–Crippen MR) is 61.9 cm³/mol. The van der Waals surface area contributed by atoms with Crippen LogP contribution in [-0.2, 0) is 13.6 Å². The molecule has 2 heterocycles. The molecule has 0 saturated heterocycles. The lowest BCUT2D eigenvalue weighted by molar-refractivity contribution is 0.0659. The Labute approximate surface area is 103 Å². The minimum atomic E-state index is -1.07. The topological polar surface area (TPSA) is 93.2 Å². The third-order valence-corrected chi connectivity index (χ3v) is 2.64. The molecule has 7 nitrogen and oxygen atoms in total. The molecule has 0 spiro atoms. The standard InChI is InChI=1S/C11H14N4O3/c1-7(8-3-4-9(18-8)11(16)17)12-5-10-14-13-6-15(10)2/h3-4,6-7,12H,5H2,1-2H3,(H,16,17). The third-order valence-electron chi connectivity index (χ3n) is 2.64. The van der Waals surface area contributed by atoms with E-state index in [0.717, 1.165) is 5.82 Å². The van der Waals surface area contributed by atoms with E-state index in [9.17, 15) is 4.79 Å². The predicted octanol–water partition coefficient (Wildman–Crippen LogP) is 0.957. The van der Waals surface area contributed by atoms with Crippen LogP contribution >= 0.6 is 0 Å². The minimum Gasteiger partial charge on any atom is -0.475 e. The second kappa shape index (κ2) is 5.01. The van der Waals surface area contributed by atoms with Crippen molar-refractivity contribution in [1.29, 1.82) is 0 Å². The zero-order valence-electron chi connectivity index (χ0n) is 10.1. The SMILES string of the molecule is CC(NCc1nncn1C)c1ccc(C(=O)O)o1. The summed E-state index contributed by atoms with van der Waals surface area (Å²) in [6.07, 6.45) is 1.62. The number of carbonyl (C=O) groups is 1. The van der Waals surface area contributed by atoms with Gasteiger partial charge in [0.15, 0.2) is 0 Å². The van der Waals surface area contributed by atoms with Crippen molar-refractivity contribution in [3.63, 3.8) is 0 Å². The first-order valence-corrected chi connectivity index (χ1v) is 5.47. The molecule has 0 aromatic carbocycles. The average Bonchev–Trinajstić information content (AvgIpc) is 2.94. The van der Waals surface area contributed by atoms with Crippen LogP contribution in [0.1, 0.15) is 35.1 Å². The molecular formula is C11H14N4O3. The van der Waals surface area contributed by atoms with Crippen LogP contribution in [0.3, 0.4) is 0 Å². The van der Waals surface area contributed by atoms with Gasteiger partial charge in [-0.15, -0.1) is 10.2 Å². The number of carboxylic acid groups (broad SMARTS) is 1. The van der Waals surface area contributed by atoms with Gasteiger partial charge in [-0.3, -0.25) is 0 Å². The lowest BCUT2D eigenvalue weighted by Crippen LogP contribution is -2.19. The fourth-order valence-corrected chi connectivity index (χ4v) is 1.51. The largest absolute Gasteiger partial charge is 0.475 e. The summed E-state index contributed by atoms with van der Waals surface area (Å²) in [5.74, 6) is 0.250. The van der Waals surface area contributed by atoms with E-state index in [1.165, 1.54) is 6.07 Å². The second-order valence-corrected chi connectivity index (χ2v) is 3.97. The van der Waals surface area contributed by atoms with Crippen molar-refractivity contribution in [3.05, 3.63) is 35.8 Å². The van der Waals surface area contributed by atoms with Crippen molar-refractivity contribution in [1.82, 2.24) is 20.1 Å². The van der Waals surface area contributed by atoms with Crippen LogP contribution in [0.2, 0.25) is 0 Å². The van der Waals surface area contributed by atoms with E-state index in [0.29, 0.717) is 12.3 Å². The molecule has 2 aromatic rings. The van der Waals surface area contributed by atoms with E-state index in [4.69, 9.17) is 9.52 Å². The third kappa shape index (κ3) is 2.57. The Balaban J connectivity index is 1.97. The molecular weight excluding hydrogens is 236 g/mol. The van der Waals surface area contributed by atoms with E-state index in [2.05, 4.69) is 15.5 Å². The molecule has 18 heavy (non-hydrogen) atoms. The lowest BCUT2D eigenvalue weighted by Gasteiger charge is -2.10. The van der Waals surface area contributed by atoms with Gasteiger partial charge in [-0.25, -0.2) is 4.79 Å². The number of hydrogen-bond donors (Lipinski definition) is 2. The highest BCUT2D eigenvalue weighted by atomic mass is 16.4. The van der Waals surface area contributed by atoms with Gasteiger partial charge in [0.05, 0.1) is 12.6 Å². The summed E-state index contributed by atoms with van der Waals surface area (Å²) in [4.78, 5) is 10.7. The van der Waals surface area contributed by atoms with E-state index < -0.39 is 5.97 Å². The number of furan rings is 1. The molecule has 0 fully saturated rings. The van der Waals surface area contributed by atoms with Crippen molar-refractivity contribution < 1.29 is 14.3 Å². The first-order valence-electron chi connectivity index (χ1n) is 5.47. The quantitative estimate of drug-likeness (QED) is 0.820. The van der Waals surface area contributed by atoms with Crippen LogP contribution in [0, 0.1) is 0 Å². The maximum absolute atomic E-state index is 10.7. The molecule has 2 N–H and O–H groups in total. The van der Waals surface area contributed by atoms with Crippen LogP contribution in [0.15, 0.2) is 22.9 Å². The van der Waals surface area contributed by atoms with E-state index >= 15 is 0 Å². The molecule has 0 amide bonds. The number of carboxylic acids is 1. The summed E-state index contributed by atoms with van der Waals surface area (Å²) in [5.41, 5.74) is 0. The first kappa shape index (κ1) is 12.3. The molecule has 96 valence electrons. The Morgan fingerprint density at radius 2 is 2.39 bits per heavy atom. The molecule has 0 bridgehead atoms. The number of aromatic carboxylic acids is 1. The molecule has 0 aliphatic rings. The molecule has 0 radical (unpaired) electrons. The summed E-state index contributed by atoms with van der Waals surface area (Å²) >= 11 is 0. The van der Waals surface area contributed by atoms with Crippen molar-refractivity contribution in [3.8, 4) is 0 Å². The molecule has 0 saturated carbocycles. The molecule has 0 aliphatic heterocycles. The summed E-state index contributed by atoms with van der Waals surface area (Å²) in [5, 5.41) is 19.7. The number of hydrogen-bond acceptors (Lipinski definition) is 5. The normalized spacial score (nSPS) is 12.6. The Kier molecular flexibility index (Phi) is 3.42. The zero-order valence-corrected chi connectivity index (χ0v) is 10.1. The Hall–Kier alpha value is -2.15. The van der Waals surface area contributed by atoms with E-state index in [-0.39, 0.29) is 11.8 Å². The number of aryl methyl sites for hydroxylation is 1. The van der Waals surface area contributed by atoms with E-state index in [1.807, 2.05) is 18.5 Å². The molecule has 7 heteroatoms. The number of rotatable bonds is 5. The van der Waals surface area contributed by atoms with Crippen LogP contribution in [0.4, 0.5) is 0 Å². The fraction of sp³-hybridized carbons (Fsp3) is 0.364. The van der Waals surface area contributed by atoms with Crippen molar-refractivity contribution in [2.24, 2.45) is 7.05 Å². The number of nitrogens with one attached hydrogen (secondary N) is 1. The highest BCUT2D eigenvalue weighted by Gasteiger charge is 2.14. The average molecular weight is 250 g/mol. The van der Waals surface area contributed by atoms with Gasteiger partial charge in [-0.1, -0.05) is 0 Å². The van der Waals surface area contributed by atoms with Crippen LogP contribution in [-0.4, -0.2) is 25.8 Å². The van der Waals surface area contributed by atoms with Crippen molar-refractivity contribution in [2.75, 3.05) is 0 Å². The van der Waals surface area contributed by atoms with Crippen molar-refractivity contribution in [2.45, 2.75) is 19.5 Å². The van der Waals surface area contributed by atoms with Gasteiger partial charge in [0, 0.05) is 7.05 Å². The maximum atomic E-state index is 10.7. The molecule has 1 unspecified atom stereocenters. The van der Waals surface area contributed by atoms with Gasteiger partial charge < -0.3 is 19.4 Å². The smallest absolute Gasteiger partial charge is 0.371 e. The number of nitrogens with zero attached hydrogens (tertiary/aromatic N) is 3. The molecule has 1 atom stereocenters. The zero-order chi connectivity index (χ0) is 13.1. The molecule has 2 aromatic heterocycles. The lowest BCUT2D eigenvalue weighted by atomic mass is 10.2. The van der Waals surface area contributed by atoms with E-state index in [1.54, 1.807) is 12.4 Å². The van der Waals surface area contributed by atoms with Crippen LogP contribution in [0.5, 0.6) is 0 Å². The summed E-state index contributed by atoms with van der Waals surface area (Å²) in [6, 6.07) is 2.99. The Morgan fingerprint density at radius 1 is 1.61 bits per heavy atom. The van der Waals surface area contributed by atoms with Gasteiger partial charge in [-0.2, -0.15) is 0 Å². The molecule has 0 aliphatic carbocycles. The minimum absolute atomic E-state index is 0.0580. The Morgan fingerprint density at radius 3 is 2.94 bits per heavy atom. The second-order valence-electron chi connectivity index (χ2n) is 3.97. The highest BCUT2D eigenvalue weighted by Crippen LogP contribution is 2.16. The van der Waals surface area contributed by atoms with Gasteiger partial charge in [-0.05, 0) is 19.1 Å². The number of aromatic nitrogens is 3. The highest BCUT2D eigenvalue weighted by molar-refractivity contribution is 5.84. The van der Waals surface area contributed by atoms with Gasteiger partial charge in [0.1, 0.15) is 17.9 Å². The first-order chi connectivity index (χ1) is 8.58. The monoisotopic (exact) mass is 250 g/mol. The van der Waals surface area contributed by atoms with Crippen LogP contribution < -0.4 is 5.32 Å². The summed E-state index contributed by atoms with van der Waals surface area (Å²) in [6.45, 7) is 2.42. The van der Waals surface area contributed by atoms with Gasteiger partial charge in [0.2, 0.25) is 5.76 Å². The Bertz CT molecular complexity index is 546. The van der Waals surface area contributed by atoms with Crippen molar-refractivity contribution >= 4 is 5.97 Å². The van der Waals surface area contributed by atoms with Gasteiger partial charge in [0.25, 0.3) is 0 Å². The van der Waals surface area contributed by atoms with Crippen LogP contribution in [0.25, 0.3) is 0 Å². The summed E-state index contributed by atoms with van der Waals surface area (Å²) in [7, 11) is 1.86. The van der Waals surface area contributed by atoms with Gasteiger partial charge >= 0.3 is 5.97 Å². The maximum Gasteiger partial charge on any atom is 0.371 e.